The van der Waals surface area contributed by atoms with Gasteiger partial charge in [0.2, 0.25) is 5.95 Å². The van der Waals surface area contributed by atoms with Gasteiger partial charge >= 0.3 is 0 Å². The number of hydrogen-bond acceptors (Lipinski definition) is 5. The molecule has 100 valence electrons. The highest BCUT2D eigenvalue weighted by molar-refractivity contribution is 5.42. The largest absolute Gasteiger partial charge is 0.384 e. The Morgan fingerprint density at radius 3 is 3.22 bits per heavy atom. The molecule has 1 fully saturated rings. The summed E-state index contributed by atoms with van der Waals surface area (Å²) in [7, 11) is 1.77. The Morgan fingerprint density at radius 2 is 2.44 bits per heavy atom. The Hall–Kier alpha value is -1.36. The van der Waals surface area contributed by atoms with Crippen molar-refractivity contribution in [3.8, 4) is 0 Å². The molecule has 2 heterocycles. The van der Waals surface area contributed by atoms with Crippen molar-refractivity contribution in [2.24, 2.45) is 5.92 Å². The van der Waals surface area contributed by atoms with Gasteiger partial charge in [-0.25, -0.2) is 4.98 Å². The van der Waals surface area contributed by atoms with Gasteiger partial charge in [-0.3, -0.25) is 0 Å². The lowest BCUT2D eigenvalue weighted by Crippen LogP contribution is -2.37. The molecule has 0 amide bonds. The van der Waals surface area contributed by atoms with Crippen molar-refractivity contribution in [1.29, 1.82) is 0 Å². The summed E-state index contributed by atoms with van der Waals surface area (Å²) < 4.78 is 5.26. The summed E-state index contributed by atoms with van der Waals surface area (Å²) in [5.41, 5.74) is 0. The van der Waals surface area contributed by atoms with Gasteiger partial charge in [0.25, 0.3) is 0 Å². The molecule has 0 radical (unpaired) electrons. The van der Waals surface area contributed by atoms with Crippen LogP contribution in [0.15, 0.2) is 12.3 Å². The van der Waals surface area contributed by atoms with Gasteiger partial charge in [-0.2, -0.15) is 4.98 Å². The Balaban J connectivity index is 2.03. The molecule has 1 atom stereocenters. The van der Waals surface area contributed by atoms with Crippen molar-refractivity contribution in [2.45, 2.75) is 19.8 Å². The number of methoxy groups -OCH3 is 1. The molecule has 1 aliphatic heterocycles. The van der Waals surface area contributed by atoms with Gasteiger partial charge < -0.3 is 15.0 Å². The first-order valence-corrected chi connectivity index (χ1v) is 6.64. The van der Waals surface area contributed by atoms with Gasteiger partial charge in [0.15, 0.2) is 0 Å². The molecule has 5 nitrogen and oxygen atoms in total. The zero-order valence-electron chi connectivity index (χ0n) is 11.2. The summed E-state index contributed by atoms with van der Waals surface area (Å²) in [4.78, 5) is 11.1. The highest BCUT2D eigenvalue weighted by atomic mass is 16.5. The molecule has 1 N–H and O–H groups in total. The first kappa shape index (κ1) is 13.1. The molecule has 0 bridgehead atoms. The molecule has 0 aromatic carbocycles. The van der Waals surface area contributed by atoms with Crippen molar-refractivity contribution in [3.05, 3.63) is 12.3 Å². The summed E-state index contributed by atoms with van der Waals surface area (Å²) in [6, 6.07) is 1.98. The summed E-state index contributed by atoms with van der Waals surface area (Å²) in [6.07, 6.45) is 4.27. The molecule has 18 heavy (non-hydrogen) atoms. The molecule has 0 aliphatic carbocycles. The van der Waals surface area contributed by atoms with E-state index >= 15 is 0 Å². The van der Waals surface area contributed by atoms with Crippen molar-refractivity contribution < 1.29 is 4.74 Å². The number of nitrogens with one attached hydrogen (secondary N) is 1. The topological polar surface area (TPSA) is 50.3 Å². The number of hydrogen-bond donors (Lipinski definition) is 1. The highest BCUT2D eigenvalue weighted by Crippen LogP contribution is 2.22. The minimum atomic E-state index is 0.612. The lowest BCUT2D eigenvalue weighted by atomic mass is 9.99. The molecule has 0 spiro atoms. The quantitative estimate of drug-likeness (QED) is 0.863. The van der Waals surface area contributed by atoms with Crippen molar-refractivity contribution in [1.82, 2.24) is 9.97 Å². The van der Waals surface area contributed by atoms with E-state index < -0.39 is 0 Å². The number of ether oxygens (including phenoxy) is 1. The zero-order chi connectivity index (χ0) is 12.8. The van der Waals surface area contributed by atoms with Crippen molar-refractivity contribution >= 4 is 11.8 Å². The molecule has 1 saturated heterocycles. The minimum absolute atomic E-state index is 0.612. The molecule has 0 saturated carbocycles. The van der Waals surface area contributed by atoms with E-state index in [9.17, 15) is 0 Å². The van der Waals surface area contributed by atoms with E-state index in [0.717, 1.165) is 32.1 Å². The van der Waals surface area contributed by atoms with Crippen LogP contribution in [0.3, 0.4) is 0 Å². The third-order valence-electron chi connectivity index (χ3n) is 3.22. The summed E-state index contributed by atoms with van der Waals surface area (Å²) in [5, 5.41) is 3.15. The second kappa shape index (κ2) is 6.54. The second-order valence-electron chi connectivity index (χ2n) is 4.68. The maximum absolute atomic E-state index is 5.26. The SMILES string of the molecule is CCNc1nccc(N2CCCC(COC)C2)n1. The highest BCUT2D eigenvalue weighted by Gasteiger charge is 2.20. The molecule has 1 aliphatic rings. The molecular formula is C13H22N4O. The molecule has 5 heteroatoms. The molecule has 1 aromatic heterocycles. The van der Waals surface area contributed by atoms with E-state index in [2.05, 4.69) is 20.2 Å². The van der Waals surface area contributed by atoms with Crippen LogP contribution in [0.5, 0.6) is 0 Å². The predicted molar refractivity (Wildman–Crippen MR) is 73.0 cm³/mol. The van der Waals surface area contributed by atoms with Crippen LogP contribution in [0, 0.1) is 5.92 Å². The summed E-state index contributed by atoms with van der Waals surface area (Å²) >= 11 is 0. The van der Waals surface area contributed by atoms with Crippen LogP contribution in [0.1, 0.15) is 19.8 Å². The third kappa shape index (κ3) is 3.32. The Labute approximate surface area is 109 Å². The molecule has 1 unspecified atom stereocenters. The van der Waals surface area contributed by atoms with Crippen LogP contribution < -0.4 is 10.2 Å². The predicted octanol–water partition coefficient (Wildman–Crippen LogP) is 1.77. The normalized spacial score (nSPS) is 19.9. The second-order valence-corrected chi connectivity index (χ2v) is 4.68. The van der Waals surface area contributed by atoms with Gasteiger partial charge in [-0.1, -0.05) is 0 Å². The molecule has 1 aromatic rings. The maximum atomic E-state index is 5.26. The summed E-state index contributed by atoms with van der Waals surface area (Å²) in [6.45, 7) is 5.82. The fourth-order valence-electron chi connectivity index (χ4n) is 2.41. The fraction of sp³-hybridized carbons (Fsp3) is 0.692. The van der Waals surface area contributed by atoms with Gasteiger partial charge in [0.05, 0.1) is 6.61 Å². The lowest BCUT2D eigenvalue weighted by Gasteiger charge is -2.33. The van der Waals surface area contributed by atoms with Gasteiger partial charge in [-0.15, -0.1) is 0 Å². The molecule has 2 rings (SSSR count). The number of anilines is 2. The Bertz CT molecular complexity index is 370. The average Bonchev–Trinajstić information content (AvgIpc) is 2.40. The van der Waals surface area contributed by atoms with Gasteiger partial charge in [-0.05, 0) is 31.7 Å². The van der Waals surface area contributed by atoms with Gasteiger partial charge in [0.1, 0.15) is 5.82 Å². The molecular weight excluding hydrogens is 228 g/mol. The summed E-state index contributed by atoms with van der Waals surface area (Å²) in [5.74, 6) is 2.34. The third-order valence-corrected chi connectivity index (χ3v) is 3.22. The monoisotopic (exact) mass is 250 g/mol. The fourth-order valence-corrected chi connectivity index (χ4v) is 2.41. The van der Waals surface area contributed by atoms with E-state index in [1.165, 1.54) is 12.8 Å². The first-order chi connectivity index (χ1) is 8.83. The number of piperidine rings is 1. The van der Waals surface area contributed by atoms with Crippen LogP contribution in [-0.2, 0) is 4.74 Å². The van der Waals surface area contributed by atoms with Crippen molar-refractivity contribution in [3.63, 3.8) is 0 Å². The van der Waals surface area contributed by atoms with Crippen LogP contribution in [-0.4, -0.2) is 43.3 Å². The Kier molecular flexibility index (Phi) is 4.75. The van der Waals surface area contributed by atoms with E-state index in [1.54, 1.807) is 7.11 Å². The lowest BCUT2D eigenvalue weighted by molar-refractivity contribution is 0.143. The number of nitrogens with zero attached hydrogens (tertiary/aromatic N) is 3. The minimum Gasteiger partial charge on any atom is -0.384 e. The van der Waals surface area contributed by atoms with E-state index in [4.69, 9.17) is 4.74 Å². The van der Waals surface area contributed by atoms with Crippen LogP contribution in [0.25, 0.3) is 0 Å². The Morgan fingerprint density at radius 1 is 1.56 bits per heavy atom. The van der Waals surface area contributed by atoms with Crippen molar-refractivity contribution in [2.75, 3.05) is 43.6 Å². The van der Waals surface area contributed by atoms with E-state index in [-0.39, 0.29) is 0 Å². The number of rotatable bonds is 5. The average molecular weight is 250 g/mol. The van der Waals surface area contributed by atoms with Crippen LogP contribution in [0.4, 0.5) is 11.8 Å². The maximum Gasteiger partial charge on any atom is 0.224 e. The van der Waals surface area contributed by atoms with Crippen LogP contribution in [0.2, 0.25) is 0 Å². The van der Waals surface area contributed by atoms with E-state index in [1.807, 2.05) is 19.2 Å². The van der Waals surface area contributed by atoms with Crippen LogP contribution >= 0.6 is 0 Å². The standard InChI is InChI=1S/C13H22N4O/c1-3-14-13-15-7-6-12(16-13)17-8-4-5-11(9-17)10-18-2/h6-7,11H,3-5,8-10H2,1-2H3,(H,14,15,16). The number of aromatic nitrogens is 2. The smallest absolute Gasteiger partial charge is 0.224 e. The zero-order valence-corrected chi connectivity index (χ0v) is 11.2. The van der Waals surface area contributed by atoms with E-state index in [0.29, 0.717) is 11.9 Å². The van der Waals surface area contributed by atoms with Gasteiger partial charge in [0, 0.05) is 32.9 Å². The first-order valence-electron chi connectivity index (χ1n) is 6.64.